The summed E-state index contributed by atoms with van der Waals surface area (Å²) in [4.78, 5) is 31.8. The lowest BCUT2D eigenvalue weighted by Gasteiger charge is -2.32. The summed E-state index contributed by atoms with van der Waals surface area (Å²) < 4.78 is 0. The van der Waals surface area contributed by atoms with Gasteiger partial charge in [-0.2, -0.15) is 0 Å². The third kappa shape index (κ3) is 3.88. The highest BCUT2D eigenvalue weighted by Gasteiger charge is 2.24. The van der Waals surface area contributed by atoms with Crippen molar-refractivity contribution in [3.05, 3.63) is 69.6 Å². The number of piperidine rings is 1. The molecule has 3 aromatic rings. The van der Waals surface area contributed by atoms with Crippen molar-refractivity contribution in [3.8, 4) is 0 Å². The molecule has 0 aliphatic carbocycles. The zero-order chi connectivity index (χ0) is 19.5. The zero-order valence-electron chi connectivity index (χ0n) is 16.3. The van der Waals surface area contributed by atoms with Gasteiger partial charge in [0.2, 0.25) is 0 Å². The number of aromatic amines is 2. The van der Waals surface area contributed by atoms with Gasteiger partial charge < -0.3 is 14.9 Å². The molecule has 4 rings (SSSR count). The Morgan fingerprint density at radius 3 is 2.46 bits per heavy atom. The van der Waals surface area contributed by atoms with Crippen molar-refractivity contribution in [2.75, 3.05) is 13.1 Å². The highest BCUT2D eigenvalue weighted by molar-refractivity contribution is 5.94. The second kappa shape index (κ2) is 8.05. The number of rotatable bonds is 5. The van der Waals surface area contributed by atoms with Crippen molar-refractivity contribution >= 4 is 16.9 Å². The van der Waals surface area contributed by atoms with E-state index in [1.807, 2.05) is 23.1 Å². The van der Waals surface area contributed by atoms with E-state index in [-0.39, 0.29) is 11.6 Å². The number of likely N-dealkylation sites (tertiary alicyclic amines) is 1. The summed E-state index contributed by atoms with van der Waals surface area (Å²) in [5.41, 5.74) is 4.83. The van der Waals surface area contributed by atoms with Crippen LogP contribution in [0, 0.1) is 0 Å². The monoisotopic (exact) mass is 377 g/mol. The van der Waals surface area contributed by atoms with Crippen LogP contribution in [0.2, 0.25) is 0 Å². The van der Waals surface area contributed by atoms with Crippen LogP contribution in [0.3, 0.4) is 0 Å². The molecule has 1 fully saturated rings. The first-order valence-electron chi connectivity index (χ1n) is 10.2. The van der Waals surface area contributed by atoms with E-state index in [4.69, 9.17) is 0 Å². The summed E-state index contributed by atoms with van der Waals surface area (Å²) in [7, 11) is 0. The molecule has 0 spiro atoms. The number of nitrogens with zero attached hydrogens (tertiary/aromatic N) is 1. The molecular formula is C23H27N3O2. The SMILES string of the molecule is CCCCc1ccc(C(=O)N2CCC(c3ccc4[nH]c(=O)[nH]c4c3)CC2)cc1. The summed E-state index contributed by atoms with van der Waals surface area (Å²) >= 11 is 0. The van der Waals surface area contributed by atoms with E-state index < -0.39 is 0 Å². The maximum Gasteiger partial charge on any atom is 0.323 e. The molecule has 0 unspecified atom stereocenters. The van der Waals surface area contributed by atoms with Gasteiger partial charge in [-0.1, -0.05) is 31.5 Å². The summed E-state index contributed by atoms with van der Waals surface area (Å²) in [6.45, 7) is 3.72. The lowest BCUT2D eigenvalue weighted by Crippen LogP contribution is -2.37. The molecule has 1 aromatic heterocycles. The minimum atomic E-state index is -0.173. The summed E-state index contributed by atoms with van der Waals surface area (Å²) in [5, 5.41) is 0. The molecule has 2 N–H and O–H groups in total. The number of hydrogen-bond donors (Lipinski definition) is 2. The van der Waals surface area contributed by atoms with Gasteiger partial charge in [0, 0.05) is 18.7 Å². The van der Waals surface area contributed by atoms with Crippen molar-refractivity contribution in [1.82, 2.24) is 14.9 Å². The Bertz CT molecular complexity index is 1010. The number of benzene rings is 2. The van der Waals surface area contributed by atoms with E-state index in [0.29, 0.717) is 5.92 Å². The molecular weight excluding hydrogens is 350 g/mol. The smallest absolute Gasteiger partial charge is 0.323 e. The van der Waals surface area contributed by atoms with Crippen molar-refractivity contribution in [3.63, 3.8) is 0 Å². The van der Waals surface area contributed by atoms with Crippen LogP contribution < -0.4 is 5.69 Å². The van der Waals surface area contributed by atoms with Gasteiger partial charge in [-0.05, 0) is 67.0 Å². The molecule has 1 aliphatic rings. The van der Waals surface area contributed by atoms with Crippen LogP contribution >= 0.6 is 0 Å². The second-order valence-electron chi connectivity index (χ2n) is 7.75. The van der Waals surface area contributed by atoms with Crippen molar-refractivity contribution < 1.29 is 4.79 Å². The second-order valence-corrected chi connectivity index (χ2v) is 7.75. The number of hydrogen-bond acceptors (Lipinski definition) is 2. The molecule has 0 radical (unpaired) electrons. The highest BCUT2D eigenvalue weighted by atomic mass is 16.2. The first kappa shape index (κ1) is 18.5. The molecule has 0 bridgehead atoms. The van der Waals surface area contributed by atoms with Crippen LogP contribution in [0.4, 0.5) is 0 Å². The Kier molecular flexibility index (Phi) is 5.33. The van der Waals surface area contributed by atoms with Gasteiger partial charge in [0.25, 0.3) is 5.91 Å². The fourth-order valence-corrected chi connectivity index (χ4v) is 4.10. The number of aryl methyl sites for hydroxylation is 1. The van der Waals surface area contributed by atoms with Gasteiger partial charge in [0.15, 0.2) is 0 Å². The van der Waals surface area contributed by atoms with Crippen LogP contribution in [0.15, 0.2) is 47.3 Å². The fraction of sp³-hybridized carbons (Fsp3) is 0.391. The number of H-pyrrole nitrogens is 2. The predicted molar refractivity (Wildman–Crippen MR) is 112 cm³/mol. The molecule has 5 heteroatoms. The zero-order valence-corrected chi connectivity index (χ0v) is 16.3. The Labute approximate surface area is 164 Å². The van der Waals surface area contributed by atoms with Gasteiger partial charge in [-0.15, -0.1) is 0 Å². The molecule has 2 heterocycles. The van der Waals surface area contributed by atoms with Gasteiger partial charge in [-0.25, -0.2) is 4.79 Å². The first-order chi connectivity index (χ1) is 13.6. The molecule has 2 aromatic carbocycles. The third-order valence-electron chi connectivity index (χ3n) is 5.81. The van der Waals surface area contributed by atoms with Gasteiger partial charge in [0.05, 0.1) is 11.0 Å². The lowest BCUT2D eigenvalue weighted by atomic mass is 9.89. The Hall–Kier alpha value is -2.82. The van der Waals surface area contributed by atoms with E-state index in [1.54, 1.807) is 0 Å². The van der Waals surface area contributed by atoms with Crippen molar-refractivity contribution in [2.45, 2.75) is 44.9 Å². The predicted octanol–water partition coefficient (Wildman–Crippen LogP) is 4.22. The van der Waals surface area contributed by atoms with Crippen LogP contribution in [0.25, 0.3) is 11.0 Å². The van der Waals surface area contributed by atoms with E-state index in [0.717, 1.165) is 48.9 Å². The summed E-state index contributed by atoms with van der Waals surface area (Å²) in [6, 6.07) is 14.2. The molecule has 1 aliphatic heterocycles. The average molecular weight is 377 g/mol. The number of amides is 1. The number of carbonyl (C=O) groups excluding carboxylic acids is 1. The largest absolute Gasteiger partial charge is 0.339 e. The fourth-order valence-electron chi connectivity index (χ4n) is 4.10. The molecule has 146 valence electrons. The van der Waals surface area contributed by atoms with E-state index in [1.165, 1.54) is 24.0 Å². The molecule has 0 saturated carbocycles. The number of aromatic nitrogens is 2. The van der Waals surface area contributed by atoms with Crippen molar-refractivity contribution in [1.29, 1.82) is 0 Å². The van der Waals surface area contributed by atoms with Gasteiger partial charge in [-0.3, -0.25) is 4.79 Å². The van der Waals surface area contributed by atoms with Crippen LogP contribution in [0.5, 0.6) is 0 Å². The molecule has 5 nitrogen and oxygen atoms in total. The topological polar surface area (TPSA) is 69.0 Å². The lowest BCUT2D eigenvalue weighted by molar-refractivity contribution is 0.0713. The minimum Gasteiger partial charge on any atom is -0.339 e. The van der Waals surface area contributed by atoms with Gasteiger partial charge in [0.1, 0.15) is 0 Å². The molecule has 0 atom stereocenters. The maximum absolute atomic E-state index is 12.8. The van der Waals surface area contributed by atoms with E-state index >= 15 is 0 Å². The number of nitrogens with one attached hydrogen (secondary N) is 2. The van der Waals surface area contributed by atoms with Crippen LogP contribution in [-0.4, -0.2) is 33.9 Å². The number of imidazole rings is 1. The Morgan fingerprint density at radius 2 is 1.75 bits per heavy atom. The normalized spacial score (nSPS) is 15.2. The Balaban J connectivity index is 1.38. The number of unbranched alkanes of at least 4 members (excludes halogenated alkanes) is 1. The summed E-state index contributed by atoms with van der Waals surface area (Å²) in [6.07, 6.45) is 5.33. The quantitative estimate of drug-likeness (QED) is 0.699. The molecule has 28 heavy (non-hydrogen) atoms. The minimum absolute atomic E-state index is 0.130. The number of fused-ring (bicyclic) bond motifs is 1. The van der Waals surface area contributed by atoms with Crippen molar-refractivity contribution in [2.24, 2.45) is 0 Å². The number of carbonyl (C=O) groups is 1. The van der Waals surface area contributed by atoms with Crippen LogP contribution in [-0.2, 0) is 6.42 Å². The van der Waals surface area contributed by atoms with E-state index in [2.05, 4.69) is 41.2 Å². The standard InChI is InChI=1S/C23H27N3O2/c1-2-3-4-16-5-7-18(8-6-16)22(27)26-13-11-17(12-14-26)19-9-10-20-21(15-19)25-23(28)24-20/h5-10,15,17H,2-4,11-14H2,1H3,(H2,24,25,28). The van der Waals surface area contributed by atoms with Crippen LogP contribution in [0.1, 0.15) is 60.0 Å². The molecule has 1 saturated heterocycles. The average Bonchev–Trinajstić information content (AvgIpc) is 3.11. The Morgan fingerprint density at radius 1 is 1.04 bits per heavy atom. The van der Waals surface area contributed by atoms with Gasteiger partial charge >= 0.3 is 5.69 Å². The third-order valence-corrected chi connectivity index (χ3v) is 5.81. The maximum atomic E-state index is 12.8. The molecule has 1 amide bonds. The highest BCUT2D eigenvalue weighted by Crippen LogP contribution is 2.30. The first-order valence-corrected chi connectivity index (χ1v) is 10.2. The summed E-state index contributed by atoms with van der Waals surface area (Å²) in [5.74, 6) is 0.550. The van der Waals surface area contributed by atoms with E-state index in [9.17, 15) is 9.59 Å².